The van der Waals surface area contributed by atoms with E-state index in [2.05, 4.69) is 4.99 Å². The van der Waals surface area contributed by atoms with Gasteiger partial charge in [-0.1, -0.05) is 23.7 Å². The van der Waals surface area contributed by atoms with Crippen LogP contribution in [0.25, 0.3) is 0 Å². The molecule has 0 bridgehead atoms. The molecule has 1 aromatic rings. The van der Waals surface area contributed by atoms with Crippen molar-refractivity contribution in [3.05, 3.63) is 29.3 Å². The van der Waals surface area contributed by atoms with Gasteiger partial charge in [0.2, 0.25) is 0 Å². The fourth-order valence-electron chi connectivity index (χ4n) is 1.61. The number of aryl methyl sites for hydroxylation is 1. The van der Waals surface area contributed by atoms with Gasteiger partial charge < -0.3 is 4.74 Å². The van der Waals surface area contributed by atoms with Gasteiger partial charge in [-0.2, -0.15) is 0 Å². The number of ether oxygens (including phenoxy) is 1. The number of para-hydroxylation sites is 1. The van der Waals surface area contributed by atoms with Crippen molar-refractivity contribution in [1.82, 2.24) is 0 Å². The lowest BCUT2D eigenvalue weighted by Crippen LogP contribution is -2.23. The van der Waals surface area contributed by atoms with E-state index in [-0.39, 0.29) is 12.1 Å². The summed E-state index contributed by atoms with van der Waals surface area (Å²) < 4.78 is 5.87. The first-order valence-corrected chi connectivity index (χ1v) is 5.47. The van der Waals surface area contributed by atoms with E-state index in [1.165, 1.54) is 0 Å². The van der Waals surface area contributed by atoms with Crippen LogP contribution in [0.15, 0.2) is 23.2 Å². The Balaban J connectivity index is 2.57. The third kappa shape index (κ3) is 1.86. The summed E-state index contributed by atoms with van der Waals surface area (Å²) in [7, 11) is 0. The van der Waals surface area contributed by atoms with Gasteiger partial charge >= 0.3 is 0 Å². The van der Waals surface area contributed by atoms with Crippen molar-refractivity contribution >= 4 is 16.8 Å². The van der Waals surface area contributed by atoms with Gasteiger partial charge in [-0.15, -0.1) is 0 Å². The molecule has 1 aliphatic rings. The van der Waals surface area contributed by atoms with Crippen molar-refractivity contribution in [2.45, 2.75) is 32.9 Å². The van der Waals surface area contributed by atoms with E-state index in [1.807, 2.05) is 39.0 Å². The van der Waals surface area contributed by atoms with E-state index in [0.717, 1.165) is 16.9 Å². The first-order valence-electron chi connectivity index (χ1n) is 5.09. The minimum atomic E-state index is 0.0566. The Morgan fingerprint density at radius 3 is 2.80 bits per heavy atom. The molecule has 0 aromatic heterocycles. The third-order valence-electron chi connectivity index (χ3n) is 2.73. The van der Waals surface area contributed by atoms with Gasteiger partial charge in [0.05, 0.1) is 11.6 Å². The zero-order valence-corrected chi connectivity index (χ0v) is 9.88. The summed E-state index contributed by atoms with van der Waals surface area (Å²) in [6, 6.07) is 6.02. The molecule has 1 heterocycles. The predicted octanol–water partition coefficient (Wildman–Crippen LogP) is 3.15. The molecule has 0 aliphatic carbocycles. The number of hydrogen-bond acceptors (Lipinski definition) is 2. The molecule has 0 N–H and O–H groups in total. The highest BCUT2D eigenvalue weighted by molar-refractivity contribution is 6.70. The van der Waals surface area contributed by atoms with E-state index < -0.39 is 0 Å². The molecular weight excluding hydrogens is 210 g/mol. The SMILES string of the molecule is Cc1cccc2c1OC(C)C(C)N=C2Cl. The molecule has 0 spiro atoms. The second-order valence-electron chi connectivity index (χ2n) is 3.94. The molecule has 3 heteroatoms. The van der Waals surface area contributed by atoms with Gasteiger partial charge in [-0.25, -0.2) is 0 Å². The highest BCUT2D eigenvalue weighted by Gasteiger charge is 2.22. The molecule has 1 aromatic carbocycles. The molecule has 2 unspecified atom stereocenters. The van der Waals surface area contributed by atoms with Crippen LogP contribution in [0.4, 0.5) is 0 Å². The predicted molar refractivity (Wildman–Crippen MR) is 63.1 cm³/mol. The maximum Gasteiger partial charge on any atom is 0.135 e. The molecule has 0 amide bonds. The molecule has 0 saturated carbocycles. The zero-order valence-electron chi connectivity index (χ0n) is 9.12. The Kier molecular flexibility index (Phi) is 2.70. The number of nitrogens with zero attached hydrogens (tertiary/aromatic N) is 1. The van der Waals surface area contributed by atoms with E-state index in [9.17, 15) is 0 Å². The van der Waals surface area contributed by atoms with Gasteiger partial charge in [0.15, 0.2) is 0 Å². The average molecular weight is 224 g/mol. The summed E-state index contributed by atoms with van der Waals surface area (Å²) in [6.07, 6.45) is 0.0566. The Morgan fingerprint density at radius 1 is 1.33 bits per heavy atom. The first-order chi connectivity index (χ1) is 7.09. The maximum atomic E-state index is 6.15. The quantitative estimate of drug-likeness (QED) is 0.662. The largest absolute Gasteiger partial charge is 0.487 e. The summed E-state index contributed by atoms with van der Waals surface area (Å²) in [6.45, 7) is 6.04. The van der Waals surface area contributed by atoms with Crippen LogP contribution >= 0.6 is 11.6 Å². The number of aliphatic imine (C=N–C) groups is 1. The molecule has 2 atom stereocenters. The molecule has 1 aliphatic heterocycles. The number of halogens is 1. The van der Waals surface area contributed by atoms with Crippen LogP contribution in [0.3, 0.4) is 0 Å². The molecule has 0 fully saturated rings. The van der Waals surface area contributed by atoms with Crippen LogP contribution < -0.4 is 4.74 Å². The molecule has 2 nitrogen and oxygen atoms in total. The molecule has 0 radical (unpaired) electrons. The Hall–Kier alpha value is -1.02. The van der Waals surface area contributed by atoms with Crippen LogP contribution in [0.5, 0.6) is 5.75 Å². The van der Waals surface area contributed by atoms with Crippen molar-refractivity contribution in [2.24, 2.45) is 4.99 Å². The molecule has 0 saturated heterocycles. The Morgan fingerprint density at radius 2 is 2.07 bits per heavy atom. The van der Waals surface area contributed by atoms with E-state index in [4.69, 9.17) is 16.3 Å². The number of benzene rings is 1. The van der Waals surface area contributed by atoms with Crippen LogP contribution in [-0.4, -0.2) is 17.3 Å². The topological polar surface area (TPSA) is 21.6 Å². The van der Waals surface area contributed by atoms with Gasteiger partial charge in [0.25, 0.3) is 0 Å². The second kappa shape index (κ2) is 3.86. The number of hydrogen-bond donors (Lipinski definition) is 0. The highest BCUT2D eigenvalue weighted by Crippen LogP contribution is 2.29. The lowest BCUT2D eigenvalue weighted by Gasteiger charge is -2.17. The first kappa shape index (κ1) is 10.5. The summed E-state index contributed by atoms with van der Waals surface area (Å²) in [4.78, 5) is 4.40. The minimum Gasteiger partial charge on any atom is -0.487 e. The highest BCUT2D eigenvalue weighted by atomic mass is 35.5. The molecular formula is C12H14ClNO. The third-order valence-corrected chi connectivity index (χ3v) is 3.04. The lowest BCUT2D eigenvalue weighted by atomic mass is 10.1. The summed E-state index contributed by atoms with van der Waals surface area (Å²) in [5.74, 6) is 0.864. The van der Waals surface area contributed by atoms with E-state index in [1.54, 1.807) is 0 Å². The summed E-state index contributed by atoms with van der Waals surface area (Å²) >= 11 is 6.15. The van der Waals surface area contributed by atoms with E-state index >= 15 is 0 Å². The standard InChI is InChI=1S/C12H14ClNO/c1-7-5-4-6-10-11(7)15-9(3)8(2)14-12(10)13/h4-6,8-9H,1-3H3. The lowest BCUT2D eigenvalue weighted by molar-refractivity contribution is 0.199. The molecule has 80 valence electrons. The van der Waals surface area contributed by atoms with E-state index in [0.29, 0.717) is 5.17 Å². The fourth-order valence-corrected chi connectivity index (χ4v) is 1.91. The van der Waals surface area contributed by atoms with Crippen LogP contribution in [-0.2, 0) is 0 Å². The van der Waals surface area contributed by atoms with Crippen molar-refractivity contribution in [3.8, 4) is 5.75 Å². The smallest absolute Gasteiger partial charge is 0.135 e. The van der Waals surface area contributed by atoms with Gasteiger partial charge in [-0.05, 0) is 32.4 Å². The van der Waals surface area contributed by atoms with Crippen molar-refractivity contribution in [1.29, 1.82) is 0 Å². The molecule has 2 rings (SSSR count). The summed E-state index contributed by atoms with van der Waals surface area (Å²) in [5, 5.41) is 0.547. The number of rotatable bonds is 0. The van der Waals surface area contributed by atoms with Crippen LogP contribution in [0.1, 0.15) is 25.0 Å². The molecule has 15 heavy (non-hydrogen) atoms. The van der Waals surface area contributed by atoms with Gasteiger partial charge in [-0.3, -0.25) is 4.99 Å². The van der Waals surface area contributed by atoms with Crippen molar-refractivity contribution in [3.63, 3.8) is 0 Å². The van der Waals surface area contributed by atoms with Gasteiger partial charge in [0.1, 0.15) is 17.0 Å². The van der Waals surface area contributed by atoms with Crippen molar-refractivity contribution < 1.29 is 4.74 Å². The van der Waals surface area contributed by atoms with Crippen LogP contribution in [0, 0.1) is 6.92 Å². The Bertz CT molecular complexity index is 414. The van der Waals surface area contributed by atoms with Crippen molar-refractivity contribution in [2.75, 3.05) is 0 Å². The summed E-state index contributed by atoms with van der Waals surface area (Å²) in [5.41, 5.74) is 2.00. The Labute approximate surface area is 94.9 Å². The fraction of sp³-hybridized carbons (Fsp3) is 0.417. The number of fused-ring (bicyclic) bond motifs is 1. The second-order valence-corrected chi connectivity index (χ2v) is 4.29. The van der Waals surface area contributed by atoms with Crippen LogP contribution in [0.2, 0.25) is 0 Å². The van der Waals surface area contributed by atoms with Gasteiger partial charge in [0, 0.05) is 0 Å². The normalized spacial score (nSPS) is 24.9. The minimum absolute atomic E-state index is 0.0566. The maximum absolute atomic E-state index is 6.15. The average Bonchev–Trinajstić information content (AvgIpc) is 2.29. The zero-order chi connectivity index (χ0) is 11.0. The monoisotopic (exact) mass is 223 g/mol.